The lowest BCUT2D eigenvalue weighted by Crippen LogP contribution is -2.39. The standard InChI is InChI=1S/C15H22ClNO2/c1-11(17-10-15(18)7-3-4-8-15)13-9-12(16)5-6-14(13)19-2/h5-6,9,11,17-18H,3-4,7-8,10H2,1-2H3. The molecule has 3 nitrogen and oxygen atoms in total. The summed E-state index contributed by atoms with van der Waals surface area (Å²) in [5.41, 5.74) is 0.483. The second kappa shape index (κ2) is 6.12. The zero-order chi connectivity index (χ0) is 13.9. The molecule has 1 aliphatic rings. The summed E-state index contributed by atoms with van der Waals surface area (Å²) in [6.45, 7) is 2.68. The Bertz CT molecular complexity index is 430. The van der Waals surface area contributed by atoms with E-state index in [0.29, 0.717) is 11.6 Å². The maximum Gasteiger partial charge on any atom is 0.123 e. The highest BCUT2D eigenvalue weighted by Gasteiger charge is 2.31. The molecule has 1 unspecified atom stereocenters. The molecular formula is C15H22ClNO2. The molecule has 1 aromatic rings. The van der Waals surface area contributed by atoms with Gasteiger partial charge in [0.15, 0.2) is 0 Å². The first-order valence-corrected chi connectivity index (χ1v) is 7.21. The molecular weight excluding hydrogens is 262 g/mol. The Morgan fingerprint density at radius 3 is 2.74 bits per heavy atom. The van der Waals surface area contributed by atoms with E-state index < -0.39 is 5.60 Å². The Hall–Kier alpha value is -0.770. The number of hydrogen-bond acceptors (Lipinski definition) is 3. The number of hydrogen-bond donors (Lipinski definition) is 2. The number of methoxy groups -OCH3 is 1. The lowest BCUT2D eigenvalue weighted by molar-refractivity contribution is 0.0453. The molecule has 2 N–H and O–H groups in total. The van der Waals surface area contributed by atoms with Crippen molar-refractivity contribution in [2.45, 2.75) is 44.2 Å². The van der Waals surface area contributed by atoms with Gasteiger partial charge in [0.1, 0.15) is 5.75 Å². The number of ether oxygens (including phenoxy) is 1. The lowest BCUT2D eigenvalue weighted by Gasteiger charge is -2.26. The van der Waals surface area contributed by atoms with Crippen molar-refractivity contribution in [3.05, 3.63) is 28.8 Å². The van der Waals surface area contributed by atoms with Crippen molar-refractivity contribution in [1.29, 1.82) is 0 Å². The minimum atomic E-state index is -0.542. The third-order valence-corrected chi connectivity index (χ3v) is 4.16. The summed E-state index contributed by atoms with van der Waals surface area (Å²) in [7, 11) is 1.66. The van der Waals surface area contributed by atoms with Gasteiger partial charge in [-0.3, -0.25) is 0 Å². The van der Waals surface area contributed by atoms with Crippen molar-refractivity contribution in [1.82, 2.24) is 5.32 Å². The largest absolute Gasteiger partial charge is 0.496 e. The van der Waals surface area contributed by atoms with E-state index in [1.165, 1.54) is 0 Å². The van der Waals surface area contributed by atoms with Crippen LogP contribution in [-0.4, -0.2) is 24.4 Å². The Morgan fingerprint density at radius 1 is 1.42 bits per heavy atom. The van der Waals surface area contributed by atoms with Crippen LogP contribution in [0.4, 0.5) is 0 Å². The highest BCUT2D eigenvalue weighted by Crippen LogP contribution is 2.31. The van der Waals surface area contributed by atoms with Gasteiger partial charge in [-0.05, 0) is 38.0 Å². The Morgan fingerprint density at radius 2 is 2.11 bits per heavy atom. The molecule has 1 aromatic carbocycles. The second-order valence-corrected chi connectivity index (χ2v) is 5.86. The van der Waals surface area contributed by atoms with Crippen molar-refractivity contribution in [2.75, 3.05) is 13.7 Å². The van der Waals surface area contributed by atoms with Gasteiger partial charge in [-0.1, -0.05) is 24.4 Å². The van der Waals surface area contributed by atoms with Crippen LogP contribution in [0.15, 0.2) is 18.2 Å². The topological polar surface area (TPSA) is 41.5 Å². The van der Waals surface area contributed by atoms with Gasteiger partial charge >= 0.3 is 0 Å². The Kier molecular flexibility index (Phi) is 4.71. The SMILES string of the molecule is COc1ccc(Cl)cc1C(C)NCC1(O)CCCC1. The molecule has 0 saturated heterocycles. The summed E-state index contributed by atoms with van der Waals surface area (Å²) in [5, 5.41) is 14.4. The summed E-state index contributed by atoms with van der Waals surface area (Å²) in [6, 6.07) is 5.70. The van der Waals surface area contributed by atoms with Crippen LogP contribution >= 0.6 is 11.6 Å². The van der Waals surface area contributed by atoms with Gasteiger partial charge in [0.05, 0.1) is 12.7 Å². The summed E-state index contributed by atoms with van der Waals surface area (Å²) < 4.78 is 5.36. The first-order chi connectivity index (χ1) is 9.04. The summed E-state index contributed by atoms with van der Waals surface area (Å²) in [4.78, 5) is 0. The molecule has 0 radical (unpaired) electrons. The second-order valence-electron chi connectivity index (χ2n) is 5.42. The Labute approximate surface area is 119 Å². The zero-order valence-corrected chi connectivity index (χ0v) is 12.3. The minimum Gasteiger partial charge on any atom is -0.496 e. The average Bonchev–Trinajstić information content (AvgIpc) is 2.83. The molecule has 1 atom stereocenters. The number of rotatable bonds is 5. The third kappa shape index (κ3) is 3.62. The number of benzene rings is 1. The maximum atomic E-state index is 10.3. The molecule has 0 spiro atoms. The molecule has 1 fully saturated rings. The first kappa shape index (κ1) is 14.6. The molecule has 106 valence electrons. The molecule has 0 aliphatic heterocycles. The van der Waals surface area contributed by atoms with Crippen molar-refractivity contribution < 1.29 is 9.84 Å². The van der Waals surface area contributed by atoms with Gasteiger partial charge in [-0.2, -0.15) is 0 Å². The molecule has 4 heteroatoms. The van der Waals surface area contributed by atoms with Crippen molar-refractivity contribution in [2.24, 2.45) is 0 Å². The molecule has 0 amide bonds. The lowest BCUT2D eigenvalue weighted by atomic mass is 10.0. The summed E-state index contributed by atoms with van der Waals surface area (Å²) >= 11 is 6.04. The first-order valence-electron chi connectivity index (χ1n) is 6.83. The van der Waals surface area contributed by atoms with Crippen LogP contribution in [0.2, 0.25) is 5.02 Å². The van der Waals surface area contributed by atoms with Crippen LogP contribution < -0.4 is 10.1 Å². The van der Waals surface area contributed by atoms with E-state index in [0.717, 1.165) is 37.0 Å². The van der Waals surface area contributed by atoms with Crippen LogP contribution in [0.1, 0.15) is 44.2 Å². The molecule has 1 aliphatic carbocycles. The fraction of sp³-hybridized carbons (Fsp3) is 0.600. The normalized spacial score (nSPS) is 19.4. The minimum absolute atomic E-state index is 0.0956. The van der Waals surface area contributed by atoms with Crippen LogP contribution in [0.5, 0.6) is 5.75 Å². The van der Waals surface area contributed by atoms with Crippen molar-refractivity contribution in [3.8, 4) is 5.75 Å². The number of halogens is 1. The molecule has 0 aromatic heterocycles. The third-order valence-electron chi connectivity index (χ3n) is 3.93. The van der Waals surface area contributed by atoms with E-state index in [1.807, 2.05) is 18.2 Å². The van der Waals surface area contributed by atoms with E-state index in [-0.39, 0.29) is 6.04 Å². The van der Waals surface area contributed by atoms with E-state index >= 15 is 0 Å². The Balaban J connectivity index is 2.03. The van der Waals surface area contributed by atoms with Crippen LogP contribution in [-0.2, 0) is 0 Å². The molecule has 1 saturated carbocycles. The highest BCUT2D eigenvalue weighted by atomic mass is 35.5. The summed E-state index contributed by atoms with van der Waals surface area (Å²) in [5.74, 6) is 0.822. The average molecular weight is 284 g/mol. The van der Waals surface area contributed by atoms with E-state index in [2.05, 4.69) is 12.2 Å². The molecule has 0 heterocycles. The fourth-order valence-electron chi connectivity index (χ4n) is 2.71. The quantitative estimate of drug-likeness (QED) is 0.871. The van der Waals surface area contributed by atoms with Gasteiger partial charge in [0, 0.05) is 23.2 Å². The molecule has 0 bridgehead atoms. The zero-order valence-electron chi connectivity index (χ0n) is 11.6. The van der Waals surface area contributed by atoms with Crippen molar-refractivity contribution in [3.63, 3.8) is 0 Å². The van der Waals surface area contributed by atoms with Gasteiger partial charge in [0.2, 0.25) is 0 Å². The smallest absolute Gasteiger partial charge is 0.123 e. The van der Waals surface area contributed by atoms with E-state index in [1.54, 1.807) is 7.11 Å². The van der Waals surface area contributed by atoms with Gasteiger partial charge in [0.25, 0.3) is 0 Å². The monoisotopic (exact) mass is 283 g/mol. The van der Waals surface area contributed by atoms with Crippen LogP contribution in [0, 0.1) is 0 Å². The van der Waals surface area contributed by atoms with E-state index in [9.17, 15) is 5.11 Å². The van der Waals surface area contributed by atoms with Gasteiger partial charge < -0.3 is 15.2 Å². The van der Waals surface area contributed by atoms with Crippen molar-refractivity contribution >= 4 is 11.6 Å². The highest BCUT2D eigenvalue weighted by molar-refractivity contribution is 6.30. The molecule has 19 heavy (non-hydrogen) atoms. The fourth-order valence-corrected chi connectivity index (χ4v) is 2.89. The van der Waals surface area contributed by atoms with Gasteiger partial charge in [-0.15, -0.1) is 0 Å². The predicted octanol–water partition coefficient (Wildman–Crippen LogP) is 3.30. The maximum absolute atomic E-state index is 10.3. The predicted molar refractivity (Wildman–Crippen MR) is 77.8 cm³/mol. The van der Waals surface area contributed by atoms with E-state index in [4.69, 9.17) is 16.3 Å². The summed E-state index contributed by atoms with van der Waals surface area (Å²) in [6.07, 6.45) is 4.01. The number of aliphatic hydroxyl groups is 1. The number of nitrogens with one attached hydrogen (secondary N) is 1. The molecule has 2 rings (SSSR count). The van der Waals surface area contributed by atoms with Gasteiger partial charge in [-0.25, -0.2) is 0 Å². The van der Waals surface area contributed by atoms with Crippen LogP contribution in [0.3, 0.4) is 0 Å². The van der Waals surface area contributed by atoms with Crippen LogP contribution in [0.25, 0.3) is 0 Å².